The molecule has 0 saturated heterocycles. The molecule has 0 bridgehead atoms. The summed E-state index contributed by atoms with van der Waals surface area (Å²) < 4.78 is 7.77. The number of benzene rings is 3. The Labute approximate surface area is 231 Å². The molecular weight excluding hydrogens is 555 g/mol. The Balaban J connectivity index is 0.00000162. The fourth-order valence-electron chi connectivity index (χ4n) is 5.18. The monoisotopic (exact) mass is 581 g/mol. The van der Waals surface area contributed by atoms with Gasteiger partial charge in [-0.2, -0.15) is 0 Å². The molecular formula is C29H29Cl2OSiZr. The maximum atomic E-state index is 6.28. The summed E-state index contributed by atoms with van der Waals surface area (Å²) in [5, 5.41) is 5.55. The molecule has 2 aliphatic rings. The van der Waals surface area contributed by atoms with E-state index in [1.165, 1.54) is 76.7 Å². The number of hydrogen-bond donors (Lipinski definition) is 0. The minimum absolute atomic E-state index is 0. The minimum Gasteiger partial charge on any atom is -1.00 e. The average molecular weight is 584 g/mol. The zero-order chi connectivity index (χ0) is 22.5. The zero-order valence-electron chi connectivity index (χ0n) is 20.1. The minimum atomic E-state index is -1.53. The van der Waals surface area contributed by atoms with Gasteiger partial charge in [0.25, 0.3) is 0 Å². The van der Waals surface area contributed by atoms with Gasteiger partial charge in [0.2, 0.25) is 0 Å². The predicted molar refractivity (Wildman–Crippen MR) is 133 cm³/mol. The van der Waals surface area contributed by atoms with Crippen LogP contribution in [0, 0.1) is 10.4 Å². The first kappa shape index (κ1) is 27.4. The second kappa shape index (κ2) is 10.8. The van der Waals surface area contributed by atoms with E-state index in [4.69, 9.17) is 4.43 Å². The fourth-order valence-corrected chi connectivity index (χ4v) is 7.10. The van der Waals surface area contributed by atoms with Crippen LogP contribution in [-0.2, 0) is 29.1 Å². The molecule has 5 heteroatoms. The Morgan fingerprint density at radius 1 is 0.882 bits per heavy atom. The summed E-state index contributed by atoms with van der Waals surface area (Å²) in [6.45, 7) is 9.80. The maximum Gasteiger partial charge on any atom is -1.00 e. The molecule has 0 saturated carbocycles. The van der Waals surface area contributed by atoms with Gasteiger partial charge in [-0.25, -0.2) is 0 Å². The molecule has 1 atom stereocenters. The van der Waals surface area contributed by atoms with E-state index in [0.717, 1.165) is 13.0 Å². The van der Waals surface area contributed by atoms with Crippen molar-refractivity contribution in [2.24, 2.45) is 0 Å². The van der Waals surface area contributed by atoms with Crippen molar-refractivity contribution >= 4 is 23.8 Å². The van der Waals surface area contributed by atoms with Crippen LogP contribution in [0.15, 0.2) is 66.2 Å². The van der Waals surface area contributed by atoms with Crippen LogP contribution in [0.2, 0.25) is 19.6 Å². The Hall–Kier alpha value is -1.22. The number of rotatable bonds is 5. The second-order valence-corrected chi connectivity index (χ2v) is 15.4. The molecule has 173 valence electrons. The summed E-state index contributed by atoms with van der Waals surface area (Å²) in [6.07, 6.45) is 5.70. The van der Waals surface area contributed by atoms with Gasteiger partial charge in [0, 0.05) is 0 Å². The van der Waals surface area contributed by atoms with Crippen LogP contribution in [-0.4, -0.2) is 14.9 Å². The molecule has 0 spiro atoms. The summed E-state index contributed by atoms with van der Waals surface area (Å²) in [5.41, 5.74) is 7.24. The van der Waals surface area contributed by atoms with E-state index in [1.54, 1.807) is 0 Å². The molecule has 0 heterocycles. The van der Waals surface area contributed by atoms with Crippen LogP contribution >= 0.6 is 0 Å². The number of fused-ring (bicyclic) bond motifs is 3. The Bertz CT molecular complexity index is 1470. The van der Waals surface area contributed by atoms with Gasteiger partial charge in [0.05, 0.1) is 0 Å². The van der Waals surface area contributed by atoms with Crippen molar-refractivity contribution in [2.45, 2.75) is 38.9 Å². The number of halogens is 2. The molecule has 3 aromatic carbocycles. The van der Waals surface area contributed by atoms with E-state index >= 15 is 0 Å². The van der Waals surface area contributed by atoms with Crippen molar-refractivity contribution in [2.75, 3.05) is 6.61 Å². The van der Waals surface area contributed by atoms with Crippen molar-refractivity contribution < 1.29 is 54.0 Å². The summed E-state index contributed by atoms with van der Waals surface area (Å²) in [7, 11) is -1.53. The van der Waals surface area contributed by atoms with Crippen LogP contribution < -0.4 is 35.3 Å². The van der Waals surface area contributed by atoms with Gasteiger partial charge in [0.1, 0.15) is 0 Å². The Kier molecular flexibility index (Phi) is 8.70. The predicted octanol–water partition coefficient (Wildman–Crippen LogP) is -0.431. The third-order valence-corrected chi connectivity index (χ3v) is 8.91. The van der Waals surface area contributed by atoms with E-state index in [-0.39, 0.29) is 24.8 Å². The van der Waals surface area contributed by atoms with Gasteiger partial charge in [-0.3, -0.25) is 0 Å². The van der Waals surface area contributed by atoms with Crippen LogP contribution in [0.25, 0.3) is 15.4 Å². The Morgan fingerprint density at radius 3 is 2.26 bits per heavy atom. The standard InChI is InChI=1S/C29H29OSi.2ClH.Zr/c1-5-20-14-15-26-24-12-8-6-11-22(24)19-27(26)28(20)29-23(16-17-30-31(2,3)4)18-21-10-7-9-13-25(21)29;;;/h5-15,18,29H,16-17H2,1-4H3;2*1H;/q;;;+2/p-2. The van der Waals surface area contributed by atoms with E-state index in [1.807, 2.05) is 0 Å². The average Bonchev–Trinajstić information content (AvgIpc) is 3.28. The molecule has 0 radical (unpaired) electrons. The van der Waals surface area contributed by atoms with Gasteiger partial charge in [-0.15, -0.1) is 0 Å². The molecule has 1 nitrogen and oxygen atoms in total. The van der Waals surface area contributed by atoms with Crippen molar-refractivity contribution in [3.8, 4) is 0 Å². The third-order valence-electron chi connectivity index (χ3n) is 6.56. The van der Waals surface area contributed by atoms with E-state index in [9.17, 15) is 0 Å². The molecule has 0 aromatic heterocycles. The summed E-state index contributed by atoms with van der Waals surface area (Å²) in [5.74, 6) is 0.294. The molecule has 0 fully saturated rings. The first-order valence-corrected chi connectivity index (χ1v) is 16.1. The van der Waals surface area contributed by atoms with Crippen molar-refractivity contribution in [3.63, 3.8) is 0 Å². The molecule has 0 N–H and O–H groups in total. The first-order valence-electron chi connectivity index (χ1n) is 11.5. The molecule has 2 aliphatic carbocycles. The largest absolute Gasteiger partial charge is 1.00 e. The fraction of sp³-hybridized carbons (Fsp3) is 0.241. The topological polar surface area (TPSA) is 9.23 Å². The summed E-state index contributed by atoms with van der Waals surface area (Å²) in [6, 6.07) is 22.5. The molecule has 34 heavy (non-hydrogen) atoms. The molecule has 1 unspecified atom stereocenters. The first-order chi connectivity index (χ1) is 15.4. The molecule has 0 amide bonds. The van der Waals surface area contributed by atoms with Gasteiger partial charge in [-0.1, -0.05) is 0 Å². The smallest absolute Gasteiger partial charge is 1.00 e. The molecule has 3 aromatic rings. The summed E-state index contributed by atoms with van der Waals surface area (Å²) >= 11 is 1.48. The van der Waals surface area contributed by atoms with E-state index in [2.05, 4.69) is 99.4 Å². The van der Waals surface area contributed by atoms with Gasteiger partial charge in [-0.05, 0) is 0 Å². The third kappa shape index (κ3) is 4.88. The van der Waals surface area contributed by atoms with Gasteiger partial charge < -0.3 is 24.8 Å². The molecule has 0 aliphatic heterocycles. The zero-order valence-corrected chi connectivity index (χ0v) is 25.1. The number of hydrogen-bond acceptors (Lipinski definition) is 1. The van der Waals surface area contributed by atoms with Crippen LogP contribution in [0.5, 0.6) is 0 Å². The second-order valence-electron chi connectivity index (χ2n) is 9.69. The SMILES string of the molecule is CC=c1ccc2c(c1C1C(CCO[Si](C)(C)C)=Cc3ccccc31)[C]([Zr+2])=c1ccccc1=2.[Cl-].[Cl-]. The van der Waals surface area contributed by atoms with Crippen LogP contribution in [0.4, 0.5) is 0 Å². The normalized spacial score (nSPS) is 16.3. The summed E-state index contributed by atoms with van der Waals surface area (Å²) in [4.78, 5) is 0. The van der Waals surface area contributed by atoms with Gasteiger partial charge >= 0.3 is 208 Å². The quantitative estimate of drug-likeness (QED) is 0.371. The van der Waals surface area contributed by atoms with Crippen molar-refractivity contribution in [1.82, 2.24) is 0 Å². The van der Waals surface area contributed by atoms with E-state index < -0.39 is 8.32 Å². The van der Waals surface area contributed by atoms with E-state index in [0.29, 0.717) is 5.92 Å². The van der Waals surface area contributed by atoms with Gasteiger partial charge in [0.15, 0.2) is 0 Å². The maximum absolute atomic E-state index is 6.28. The Morgan fingerprint density at radius 2 is 1.56 bits per heavy atom. The van der Waals surface area contributed by atoms with Crippen molar-refractivity contribution in [3.05, 3.63) is 109 Å². The van der Waals surface area contributed by atoms with Crippen molar-refractivity contribution in [1.29, 1.82) is 0 Å². The van der Waals surface area contributed by atoms with Crippen LogP contribution in [0.3, 0.4) is 0 Å². The van der Waals surface area contributed by atoms with Crippen LogP contribution in [0.1, 0.15) is 41.5 Å². The molecule has 5 rings (SSSR count).